The molecule has 0 spiro atoms. The maximum Gasteiger partial charge on any atom is 0.341 e. The van der Waals surface area contributed by atoms with Gasteiger partial charge in [-0.1, -0.05) is 6.42 Å². The summed E-state index contributed by atoms with van der Waals surface area (Å²) in [5.74, 6) is -0.610. The molecule has 7 heteroatoms. The summed E-state index contributed by atoms with van der Waals surface area (Å²) in [4.78, 5) is 26.5. The van der Waals surface area contributed by atoms with Crippen molar-refractivity contribution in [3.8, 4) is 0 Å². The van der Waals surface area contributed by atoms with Gasteiger partial charge in [0.2, 0.25) is 5.91 Å². The highest BCUT2D eigenvalue weighted by Gasteiger charge is 2.68. The minimum atomic E-state index is -1.04. The van der Waals surface area contributed by atoms with E-state index >= 15 is 0 Å². The Morgan fingerprint density at radius 3 is 2.44 bits per heavy atom. The molecule has 1 amide bonds. The summed E-state index contributed by atoms with van der Waals surface area (Å²) in [7, 11) is 0. The van der Waals surface area contributed by atoms with Crippen molar-refractivity contribution in [1.82, 2.24) is 0 Å². The van der Waals surface area contributed by atoms with E-state index in [0.29, 0.717) is 17.0 Å². The Morgan fingerprint density at radius 1 is 1.20 bits per heavy atom. The third-order valence-corrected chi connectivity index (χ3v) is 7.26. The number of fused-ring (bicyclic) bond motifs is 1. The molecule has 0 saturated heterocycles. The van der Waals surface area contributed by atoms with Gasteiger partial charge in [0.1, 0.15) is 9.33 Å². The summed E-state index contributed by atoms with van der Waals surface area (Å²) in [6.45, 7) is 5.39. The van der Waals surface area contributed by atoms with Crippen LogP contribution in [-0.2, 0) is 22.4 Å². The second-order valence-electron chi connectivity index (χ2n) is 7.39. The van der Waals surface area contributed by atoms with E-state index in [9.17, 15) is 9.59 Å². The van der Waals surface area contributed by atoms with Crippen LogP contribution in [0.3, 0.4) is 0 Å². The Bertz CT molecular complexity index is 713. The summed E-state index contributed by atoms with van der Waals surface area (Å²) in [5, 5.41) is 3.48. The predicted octanol–water partition coefficient (Wildman–Crippen LogP) is 5.10. The first-order valence-corrected chi connectivity index (χ1v) is 10.3. The Labute approximate surface area is 162 Å². The number of anilines is 1. The number of rotatable bonds is 4. The molecule has 3 rings (SSSR count). The third-order valence-electron chi connectivity index (χ3n) is 4.95. The number of nitrogens with one attached hydrogen (secondary N) is 1. The molecule has 0 radical (unpaired) electrons. The molecule has 1 saturated carbocycles. The second-order valence-corrected chi connectivity index (χ2v) is 9.98. The molecule has 1 heterocycles. The predicted molar refractivity (Wildman–Crippen MR) is 102 cm³/mol. The van der Waals surface area contributed by atoms with Gasteiger partial charge in [-0.3, -0.25) is 4.79 Å². The van der Waals surface area contributed by atoms with E-state index in [1.54, 1.807) is 6.92 Å². The molecule has 2 aliphatic carbocycles. The fourth-order valence-corrected chi connectivity index (χ4v) is 5.19. The van der Waals surface area contributed by atoms with Crippen molar-refractivity contribution in [3.05, 3.63) is 16.0 Å². The standard InChI is InChI=1S/C18H23Cl2NO3S/c1-10(2)24-15(22)13-11-7-5-4-6-8-12(11)25-14(13)21-16(23)17(3)9-18(17,19)20/h10H,4-9H2,1-3H3,(H,21,23)/t17-/m0/s1. The van der Waals surface area contributed by atoms with Gasteiger partial charge in [0, 0.05) is 4.88 Å². The zero-order valence-electron chi connectivity index (χ0n) is 14.7. The number of aryl methyl sites for hydroxylation is 1. The number of hydrogen-bond acceptors (Lipinski definition) is 4. The third kappa shape index (κ3) is 3.56. The van der Waals surface area contributed by atoms with Crippen molar-refractivity contribution in [3.63, 3.8) is 0 Å². The Morgan fingerprint density at radius 2 is 1.84 bits per heavy atom. The molecule has 25 heavy (non-hydrogen) atoms. The Balaban J connectivity index is 1.93. The van der Waals surface area contributed by atoms with Crippen LogP contribution in [0, 0.1) is 5.41 Å². The van der Waals surface area contributed by atoms with Gasteiger partial charge in [-0.25, -0.2) is 4.79 Å². The van der Waals surface area contributed by atoms with Gasteiger partial charge in [-0.15, -0.1) is 34.5 Å². The number of ether oxygens (including phenoxy) is 1. The molecular formula is C18H23Cl2NO3S. The lowest BCUT2D eigenvalue weighted by atomic mass is 10.0. The van der Waals surface area contributed by atoms with Crippen LogP contribution in [0.5, 0.6) is 0 Å². The first-order chi connectivity index (χ1) is 11.7. The fourth-order valence-electron chi connectivity index (χ4n) is 3.21. The summed E-state index contributed by atoms with van der Waals surface area (Å²) in [6.07, 6.45) is 5.27. The molecule has 1 atom stereocenters. The average Bonchev–Trinajstić information content (AvgIpc) is 2.96. The van der Waals surface area contributed by atoms with Crippen molar-refractivity contribution in [2.24, 2.45) is 5.41 Å². The zero-order valence-corrected chi connectivity index (χ0v) is 17.0. The van der Waals surface area contributed by atoms with Crippen LogP contribution >= 0.6 is 34.5 Å². The van der Waals surface area contributed by atoms with Gasteiger partial charge < -0.3 is 10.1 Å². The quantitative estimate of drug-likeness (QED) is 0.431. The summed E-state index contributed by atoms with van der Waals surface area (Å²) in [6, 6.07) is 0. The smallest absolute Gasteiger partial charge is 0.341 e. The first kappa shape index (κ1) is 19.0. The summed E-state index contributed by atoms with van der Waals surface area (Å²) in [5.41, 5.74) is 0.729. The lowest BCUT2D eigenvalue weighted by molar-refractivity contribution is -0.120. The van der Waals surface area contributed by atoms with Crippen LogP contribution in [0.25, 0.3) is 0 Å². The Hall–Kier alpha value is -0.780. The summed E-state index contributed by atoms with van der Waals surface area (Å²) >= 11 is 13.7. The lowest BCUT2D eigenvalue weighted by Crippen LogP contribution is -2.26. The van der Waals surface area contributed by atoms with Crippen LogP contribution in [0.15, 0.2) is 0 Å². The van der Waals surface area contributed by atoms with Crippen molar-refractivity contribution in [1.29, 1.82) is 0 Å². The van der Waals surface area contributed by atoms with Crippen molar-refractivity contribution >= 4 is 51.4 Å². The second kappa shape index (κ2) is 6.75. The molecule has 0 aromatic carbocycles. The largest absolute Gasteiger partial charge is 0.459 e. The van der Waals surface area contributed by atoms with Gasteiger partial charge in [0.15, 0.2) is 0 Å². The number of carbonyl (C=O) groups excluding carboxylic acids is 2. The number of carbonyl (C=O) groups is 2. The average molecular weight is 404 g/mol. The van der Waals surface area contributed by atoms with Crippen LogP contribution in [0.2, 0.25) is 0 Å². The molecular weight excluding hydrogens is 381 g/mol. The number of thiophene rings is 1. The summed E-state index contributed by atoms with van der Waals surface area (Å²) < 4.78 is 4.39. The van der Waals surface area contributed by atoms with Crippen LogP contribution in [0.4, 0.5) is 5.00 Å². The maximum atomic E-state index is 12.7. The van der Waals surface area contributed by atoms with Crippen molar-refractivity contribution in [2.45, 2.75) is 69.7 Å². The minimum Gasteiger partial charge on any atom is -0.459 e. The molecule has 2 aliphatic rings. The highest BCUT2D eigenvalue weighted by molar-refractivity contribution is 7.17. The van der Waals surface area contributed by atoms with E-state index < -0.39 is 9.75 Å². The highest BCUT2D eigenvalue weighted by Crippen LogP contribution is 2.64. The van der Waals surface area contributed by atoms with Gasteiger partial charge >= 0.3 is 5.97 Å². The van der Waals surface area contributed by atoms with Crippen LogP contribution < -0.4 is 5.32 Å². The Kier molecular flexibility index (Phi) is 5.13. The number of hydrogen-bond donors (Lipinski definition) is 1. The molecule has 4 nitrogen and oxygen atoms in total. The van der Waals surface area contributed by atoms with Crippen LogP contribution in [0.1, 0.15) is 67.3 Å². The number of esters is 1. The SMILES string of the molecule is CC(C)OC(=O)c1c(NC(=O)[C@]2(C)CC2(Cl)Cl)sc2c1CCCCC2. The highest BCUT2D eigenvalue weighted by atomic mass is 35.5. The van der Waals surface area contributed by atoms with E-state index in [0.717, 1.165) is 37.7 Å². The number of alkyl halides is 2. The number of amides is 1. The molecule has 1 aromatic rings. The zero-order chi connectivity index (χ0) is 18.4. The molecule has 138 valence electrons. The van der Waals surface area contributed by atoms with E-state index in [4.69, 9.17) is 27.9 Å². The monoisotopic (exact) mass is 403 g/mol. The fraction of sp³-hybridized carbons (Fsp3) is 0.667. The van der Waals surface area contributed by atoms with E-state index in [2.05, 4.69) is 5.32 Å². The van der Waals surface area contributed by atoms with Gasteiger partial charge in [-0.2, -0.15) is 0 Å². The van der Waals surface area contributed by atoms with E-state index in [1.165, 1.54) is 16.2 Å². The van der Waals surface area contributed by atoms with Crippen LogP contribution in [-0.4, -0.2) is 22.3 Å². The minimum absolute atomic E-state index is 0.211. The first-order valence-electron chi connectivity index (χ1n) is 8.70. The van der Waals surface area contributed by atoms with Gasteiger partial charge in [0.25, 0.3) is 0 Å². The molecule has 0 bridgehead atoms. The molecule has 1 N–H and O–H groups in total. The van der Waals surface area contributed by atoms with Crippen molar-refractivity contribution < 1.29 is 14.3 Å². The van der Waals surface area contributed by atoms with E-state index in [-0.39, 0.29) is 18.0 Å². The molecule has 0 unspecified atom stereocenters. The lowest BCUT2D eigenvalue weighted by Gasteiger charge is -2.14. The number of halogens is 2. The van der Waals surface area contributed by atoms with Crippen molar-refractivity contribution in [2.75, 3.05) is 5.32 Å². The van der Waals surface area contributed by atoms with E-state index in [1.807, 2.05) is 13.8 Å². The molecule has 1 fully saturated rings. The van der Waals surface area contributed by atoms with Gasteiger partial charge in [-0.05, 0) is 58.4 Å². The topological polar surface area (TPSA) is 55.4 Å². The normalized spacial score (nSPS) is 24.4. The molecule has 1 aromatic heterocycles. The maximum absolute atomic E-state index is 12.7. The van der Waals surface area contributed by atoms with Gasteiger partial charge in [0.05, 0.1) is 17.1 Å². The molecule has 0 aliphatic heterocycles.